The third-order valence-electron chi connectivity index (χ3n) is 6.60. The van der Waals surface area contributed by atoms with Crippen molar-refractivity contribution in [2.24, 2.45) is 5.14 Å². The average Bonchev–Trinajstić information content (AvgIpc) is 2.98. The number of para-hydroxylation sites is 1. The standard InChI is InChI=1S/C32H44N4O6S/c1-5-8-16-34-27-21-24(22-30(43(33,38)39)31(27)42-26-12-10-9-11-13-26)32(37)35-25-14-15-28(40-4)29(23-25)41-20-19-36(17-6-2)18-7-3/h9-15,21-23,34H,5-8,16-20H2,1-4H3,(H,35,37)(H2,33,38,39). The molecule has 0 aliphatic rings. The summed E-state index contributed by atoms with van der Waals surface area (Å²) in [5, 5.41) is 11.7. The van der Waals surface area contributed by atoms with Crippen LogP contribution in [0.5, 0.6) is 23.0 Å². The second-order valence-corrected chi connectivity index (χ2v) is 11.6. The first-order valence-corrected chi connectivity index (χ1v) is 16.3. The molecule has 0 aromatic heterocycles. The lowest BCUT2D eigenvalue weighted by molar-refractivity contribution is 0.102. The summed E-state index contributed by atoms with van der Waals surface area (Å²) < 4.78 is 42.9. The maximum Gasteiger partial charge on any atom is 0.255 e. The minimum atomic E-state index is -4.26. The van der Waals surface area contributed by atoms with Gasteiger partial charge in [0.1, 0.15) is 17.3 Å². The summed E-state index contributed by atoms with van der Waals surface area (Å²) >= 11 is 0. The van der Waals surface area contributed by atoms with Crippen molar-refractivity contribution in [3.8, 4) is 23.0 Å². The van der Waals surface area contributed by atoms with Crippen molar-refractivity contribution in [3.63, 3.8) is 0 Å². The Morgan fingerprint density at radius 3 is 2.26 bits per heavy atom. The Labute approximate surface area is 255 Å². The van der Waals surface area contributed by atoms with Crippen molar-refractivity contribution in [2.75, 3.05) is 50.5 Å². The molecule has 0 bridgehead atoms. The van der Waals surface area contributed by atoms with Crippen molar-refractivity contribution >= 4 is 27.3 Å². The molecule has 0 spiro atoms. The quantitative estimate of drug-likeness (QED) is 0.147. The molecule has 0 radical (unpaired) electrons. The molecule has 1 amide bonds. The summed E-state index contributed by atoms with van der Waals surface area (Å²) in [4.78, 5) is 15.5. The number of sulfonamides is 1. The largest absolute Gasteiger partial charge is 0.493 e. The molecule has 3 aromatic carbocycles. The van der Waals surface area contributed by atoms with Gasteiger partial charge in [0.25, 0.3) is 5.91 Å². The van der Waals surface area contributed by atoms with Crippen LogP contribution in [-0.4, -0.2) is 59.1 Å². The van der Waals surface area contributed by atoms with E-state index in [9.17, 15) is 13.2 Å². The Kier molecular flexibility index (Phi) is 13.1. The van der Waals surface area contributed by atoms with Crippen molar-refractivity contribution in [3.05, 3.63) is 66.2 Å². The van der Waals surface area contributed by atoms with Gasteiger partial charge in [-0.1, -0.05) is 45.4 Å². The fraction of sp³-hybridized carbons (Fsp3) is 0.406. The number of methoxy groups -OCH3 is 1. The van der Waals surface area contributed by atoms with Crippen LogP contribution >= 0.6 is 0 Å². The summed E-state index contributed by atoms with van der Waals surface area (Å²) in [6.45, 7) is 10.1. The fourth-order valence-electron chi connectivity index (χ4n) is 4.51. The van der Waals surface area contributed by atoms with E-state index in [1.807, 2.05) is 13.0 Å². The van der Waals surface area contributed by atoms with Crippen LogP contribution in [0.4, 0.5) is 11.4 Å². The van der Waals surface area contributed by atoms with Crippen LogP contribution in [0, 0.1) is 0 Å². The van der Waals surface area contributed by atoms with E-state index in [1.165, 1.54) is 6.07 Å². The highest BCUT2D eigenvalue weighted by molar-refractivity contribution is 7.89. The van der Waals surface area contributed by atoms with E-state index < -0.39 is 15.9 Å². The van der Waals surface area contributed by atoms with Crippen molar-refractivity contribution < 1.29 is 27.4 Å². The molecular weight excluding hydrogens is 568 g/mol. The zero-order chi connectivity index (χ0) is 31.2. The second kappa shape index (κ2) is 16.7. The number of hydrogen-bond donors (Lipinski definition) is 3. The number of carbonyl (C=O) groups is 1. The van der Waals surface area contributed by atoms with E-state index in [1.54, 1.807) is 55.6 Å². The topological polar surface area (TPSA) is 132 Å². The summed E-state index contributed by atoms with van der Waals surface area (Å²) in [7, 11) is -2.71. The molecule has 43 heavy (non-hydrogen) atoms. The normalized spacial score (nSPS) is 11.3. The number of nitrogens with one attached hydrogen (secondary N) is 2. The lowest BCUT2D eigenvalue weighted by atomic mass is 10.1. The number of amides is 1. The minimum Gasteiger partial charge on any atom is -0.493 e. The summed E-state index contributed by atoms with van der Waals surface area (Å²) in [5.74, 6) is 0.967. The van der Waals surface area contributed by atoms with Gasteiger partial charge in [0, 0.05) is 30.4 Å². The van der Waals surface area contributed by atoms with Gasteiger partial charge < -0.3 is 24.8 Å². The van der Waals surface area contributed by atoms with Gasteiger partial charge in [-0.25, -0.2) is 13.6 Å². The van der Waals surface area contributed by atoms with Crippen LogP contribution in [0.1, 0.15) is 56.8 Å². The van der Waals surface area contributed by atoms with E-state index in [0.717, 1.165) is 45.3 Å². The zero-order valence-electron chi connectivity index (χ0n) is 25.5. The molecule has 0 saturated heterocycles. The number of ether oxygens (including phenoxy) is 3. The Balaban J connectivity index is 1.90. The molecule has 11 heteroatoms. The molecule has 10 nitrogen and oxygen atoms in total. The van der Waals surface area contributed by atoms with Gasteiger partial charge in [-0.15, -0.1) is 0 Å². The monoisotopic (exact) mass is 612 g/mol. The van der Waals surface area contributed by atoms with E-state index in [0.29, 0.717) is 41.8 Å². The predicted octanol–water partition coefficient (Wildman–Crippen LogP) is 6.10. The van der Waals surface area contributed by atoms with Crippen molar-refractivity contribution in [2.45, 2.75) is 51.3 Å². The van der Waals surface area contributed by atoms with Crippen molar-refractivity contribution in [1.29, 1.82) is 0 Å². The number of primary sulfonamides is 1. The van der Waals surface area contributed by atoms with Crippen LogP contribution < -0.4 is 30.0 Å². The molecule has 234 valence electrons. The lowest BCUT2D eigenvalue weighted by Gasteiger charge is -2.21. The molecule has 0 heterocycles. The SMILES string of the molecule is CCCCNc1cc(C(=O)Nc2ccc(OC)c(OCCN(CCC)CCC)c2)cc(S(N)(=O)=O)c1Oc1ccccc1. The summed E-state index contributed by atoms with van der Waals surface area (Å²) in [6, 6.07) is 16.7. The third-order valence-corrected chi connectivity index (χ3v) is 7.52. The Bertz CT molecular complexity index is 1430. The Morgan fingerprint density at radius 1 is 0.907 bits per heavy atom. The highest BCUT2D eigenvalue weighted by Crippen LogP contribution is 2.38. The maximum atomic E-state index is 13.5. The van der Waals surface area contributed by atoms with Gasteiger partial charge in [-0.05, 0) is 68.8 Å². The van der Waals surface area contributed by atoms with Crippen molar-refractivity contribution in [1.82, 2.24) is 4.90 Å². The first-order chi connectivity index (χ1) is 20.7. The fourth-order valence-corrected chi connectivity index (χ4v) is 5.21. The number of hydrogen-bond acceptors (Lipinski definition) is 8. The van der Waals surface area contributed by atoms with Gasteiger partial charge >= 0.3 is 0 Å². The molecule has 4 N–H and O–H groups in total. The molecular formula is C32H44N4O6S. The third kappa shape index (κ3) is 10.2. The number of unbranched alkanes of at least 4 members (excludes halogenated alkanes) is 1. The highest BCUT2D eigenvalue weighted by atomic mass is 32.2. The highest BCUT2D eigenvalue weighted by Gasteiger charge is 2.24. The molecule has 0 fully saturated rings. The number of benzene rings is 3. The summed E-state index contributed by atoms with van der Waals surface area (Å²) in [6.07, 6.45) is 3.87. The predicted molar refractivity (Wildman–Crippen MR) is 171 cm³/mol. The van der Waals surface area contributed by atoms with Gasteiger partial charge in [0.15, 0.2) is 17.2 Å². The van der Waals surface area contributed by atoms with E-state index in [2.05, 4.69) is 29.4 Å². The number of anilines is 2. The van der Waals surface area contributed by atoms with E-state index in [4.69, 9.17) is 19.3 Å². The van der Waals surface area contributed by atoms with Crippen LogP contribution in [0.2, 0.25) is 0 Å². The Morgan fingerprint density at radius 2 is 1.63 bits per heavy atom. The zero-order valence-corrected chi connectivity index (χ0v) is 26.3. The number of carbonyl (C=O) groups excluding carboxylic acids is 1. The number of nitrogens with zero attached hydrogens (tertiary/aromatic N) is 1. The maximum absolute atomic E-state index is 13.5. The van der Waals surface area contributed by atoms with E-state index >= 15 is 0 Å². The number of rotatable bonds is 18. The lowest BCUT2D eigenvalue weighted by Crippen LogP contribution is -2.30. The van der Waals surface area contributed by atoms with Gasteiger partial charge in [-0.3, -0.25) is 9.69 Å². The molecule has 0 aliphatic heterocycles. The molecule has 0 atom stereocenters. The number of nitrogens with two attached hydrogens (primary N) is 1. The second-order valence-electron chi connectivity index (χ2n) is 10.1. The summed E-state index contributed by atoms with van der Waals surface area (Å²) in [5.41, 5.74) is 0.898. The first-order valence-electron chi connectivity index (χ1n) is 14.7. The van der Waals surface area contributed by atoms with Crippen LogP contribution in [-0.2, 0) is 10.0 Å². The Hall–Kier alpha value is -3.80. The average molecular weight is 613 g/mol. The molecule has 0 saturated carbocycles. The van der Waals surface area contributed by atoms with Crippen LogP contribution in [0.25, 0.3) is 0 Å². The van der Waals surface area contributed by atoms with E-state index in [-0.39, 0.29) is 16.2 Å². The van der Waals surface area contributed by atoms with Gasteiger partial charge in [0.05, 0.1) is 12.8 Å². The molecule has 0 unspecified atom stereocenters. The van der Waals surface area contributed by atoms with Gasteiger partial charge in [0.2, 0.25) is 10.0 Å². The molecule has 3 rings (SSSR count). The first kappa shape index (κ1) is 33.7. The van der Waals surface area contributed by atoms with Gasteiger partial charge in [-0.2, -0.15) is 0 Å². The molecule has 3 aromatic rings. The minimum absolute atomic E-state index is 0.0293. The molecule has 0 aliphatic carbocycles. The van der Waals surface area contributed by atoms with Crippen LogP contribution in [0.15, 0.2) is 65.6 Å². The smallest absolute Gasteiger partial charge is 0.255 e. The van der Waals surface area contributed by atoms with Crippen LogP contribution in [0.3, 0.4) is 0 Å².